The van der Waals surface area contributed by atoms with Gasteiger partial charge in [0.2, 0.25) is 5.91 Å². The van der Waals surface area contributed by atoms with Crippen molar-refractivity contribution in [3.63, 3.8) is 0 Å². The Hall–Kier alpha value is -1.75. The molecule has 1 heterocycles. The van der Waals surface area contributed by atoms with Gasteiger partial charge in [-0.3, -0.25) is 9.59 Å². The minimum absolute atomic E-state index is 0.0478. The van der Waals surface area contributed by atoms with E-state index in [4.69, 9.17) is 16.3 Å². The molecule has 1 aromatic rings. The Labute approximate surface area is 160 Å². The monoisotopic (exact) mass is 378 g/mol. The number of ether oxygens (including phenoxy) is 1. The molecule has 1 N–H and O–H groups in total. The van der Waals surface area contributed by atoms with Crippen LogP contribution in [0.1, 0.15) is 62.2 Å². The van der Waals surface area contributed by atoms with Crippen LogP contribution in [-0.2, 0) is 4.79 Å². The quantitative estimate of drug-likeness (QED) is 0.847. The van der Waals surface area contributed by atoms with Crippen molar-refractivity contribution >= 4 is 23.4 Å². The summed E-state index contributed by atoms with van der Waals surface area (Å²) in [7, 11) is 0. The lowest BCUT2D eigenvalue weighted by molar-refractivity contribution is -0.132. The molecule has 0 unspecified atom stereocenters. The number of hydrogen-bond donors (Lipinski definition) is 1. The first kappa shape index (κ1) is 19.0. The number of hydrogen-bond acceptors (Lipinski definition) is 3. The summed E-state index contributed by atoms with van der Waals surface area (Å²) in [5.74, 6) is 0.722. The summed E-state index contributed by atoms with van der Waals surface area (Å²) in [5, 5.41) is 3.52. The average Bonchev–Trinajstić information content (AvgIpc) is 3.16. The molecule has 1 saturated carbocycles. The predicted octanol–water partition coefficient (Wildman–Crippen LogP) is 3.79. The molecule has 0 spiro atoms. The zero-order chi connectivity index (χ0) is 18.5. The molecule has 26 heavy (non-hydrogen) atoms. The van der Waals surface area contributed by atoms with Crippen molar-refractivity contribution in [3.05, 3.63) is 28.8 Å². The Kier molecular flexibility index (Phi) is 6.41. The molecular formula is C20H27ClN2O3. The topological polar surface area (TPSA) is 58.6 Å². The summed E-state index contributed by atoms with van der Waals surface area (Å²) >= 11 is 6.34. The second-order valence-electron chi connectivity index (χ2n) is 7.15. The van der Waals surface area contributed by atoms with Crippen molar-refractivity contribution in [2.24, 2.45) is 0 Å². The maximum Gasteiger partial charge on any atom is 0.251 e. The molecule has 2 fully saturated rings. The molecule has 6 heteroatoms. The van der Waals surface area contributed by atoms with E-state index in [1.54, 1.807) is 18.2 Å². The average molecular weight is 379 g/mol. The number of likely N-dealkylation sites (tertiary alicyclic amines) is 1. The SMILES string of the molecule is CCC(=O)N1CCC(Oc2ccc(C(=O)NC3CCCC3)cc2Cl)CC1. The van der Waals surface area contributed by atoms with Crippen molar-refractivity contribution in [1.29, 1.82) is 0 Å². The highest BCUT2D eigenvalue weighted by atomic mass is 35.5. The summed E-state index contributed by atoms with van der Waals surface area (Å²) in [6, 6.07) is 5.50. The van der Waals surface area contributed by atoms with E-state index in [1.807, 2.05) is 11.8 Å². The minimum Gasteiger partial charge on any atom is -0.489 e. The highest BCUT2D eigenvalue weighted by Crippen LogP contribution is 2.29. The Bertz CT molecular complexity index is 650. The van der Waals surface area contributed by atoms with E-state index in [2.05, 4.69) is 5.32 Å². The van der Waals surface area contributed by atoms with Gasteiger partial charge in [-0.2, -0.15) is 0 Å². The summed E-state index contributed by atoms with van der Waals surface area (Å²) in [6.45, 7) is 3.32. The molecule has 1 aliphatic carbocycles. The fourth-order valence-electron chi connectivity index (χ4n) is 3.70. The molecular weight excluding hydrogens is 352 g/mol. The van der Waals surface area contributed by atoms with Crippen molar-refractivity contribution in [1.82, 2.24) is 10.2 Å². The van der Waals surface area contributed by atoms with Crippen LogP contribution in [0.2, 0.25) is 5.02 Å². The van der Waals surface area contributed by atoms with E-state index in [0.717, 1.165) is 38.8 Å². The number of piperidine rings is 1. The van der Waals surface area contributed by atoms with Gasteiger partial charge in [-0.15, -0.1) is 0 Å². The molecule has 0 atom stereocenters. The largest absolute Gasteiger partial charge is 0.489 e. The van der Waals surface area contributed by atoms with Gasteiger partial charge in [0.25, 0.3) is 5.91 Å². The van der Waals surface area contributed by atoms with Crippen LogP contribution < -0.4 is 10.1 Å². The lowest BCUT2D eigenvalue weighted by atomic mass is 10.1. The summed E-state index contributed by atoms with van der Waals surface area (Å²) in [5.41, 5.74) is 0.567. The third-order valence-electron chi connectivity index (χ3n) is 5.28. The Morgan fingerprint density at radius 1 is 1.19 bits per heavy atom. The van der Waals surface area contributed by atoms with Crippen molar-refractivity contribution in [2.75, 3.05) is 13.1 Å². The van der Waals surface area contributed by atoms with Gasteiger partial charge in [-0.25, -0.2) is 0 Å². The van der Waals surface area contributed by atoms with E-state index in [0.29, 0.717) is 22.8 Å². The zero-order valence-electron chi connectivity index (χ0n) is 15.3. The standard InChI is InChI=1S/C20H27ClN2O3/c1-2-19(24)23-11-9-16(10-12-23)26-18-8-7-14(13-17(18)21)20(25)22-15-5-3-4-6-15/h7-8,13,15-16H,2-6,9-12H2,1H3,(H,22,25). The fraction of sp³-hybridized carbons (Fsp3) is 0.600. The van der Waals surface area contributed by atoms with Gasteiger partial charge in [-0.05, 0) is 31.0 Å². The van der Waals surface area contributed by atoms with Gasteiger partial charge in [0, 0.05) is 44.0 Å². The third-order valence-corrected chi connectivity index (χ3v) is 5.57. The first-order valence-corrected chi connectivity index (χ1v) is 9.99. The maximum atomic E-state index is 12.3. The van der Waals surface area contributed by atoms with Gasteiger partial charge >= 0.3 is 0 Å². The molecule has 2 aliphatic rings. The molecule has 0 radical (unpaired) electrons. The van der Waals surface area contributed by atoms with Gasteiger partial charge in [-0.1, -0.05) is 31.4 Å². The second-order valence-corrected chi connectivity index (χ2v) is 7.56. The molecule has 1 saturated heterocycles. The normalized spacial score (nSPS) is 18.8. The lowest BCUT2D eigenvalue weighted by Gasteiger charge is -2.32. The van der Waals surface area contributed by atoms with E-state index in [1.165, 1.54) is 12.8 Å². The highest BCUT2D eigenvalue weighted by molar-refractivity contribution is 6.32. The molecule has 5 nitrogen and oxygen atoms in total. The summed E-state index contributed by atoms with van der Waals surface area (Å²) in [6.07, 6.45) is 6.66. The summed E-state index contributed by atoms with van der Waals surface area (Å²) < 4.78 is 6.01. The number of nitrogens with zero attached hydrogens (tertiary/aromatic N) is 1. The van der Waals surface area contributed by atoms with Crippen molar-refractivity contribution in [3.8, 4) is 5.75 Å². The lowest BCUT2D eigenvalue weighted by Crippen LogP contribution is -2.41. The van der Waals surface area contributed by atoms with Crippen LogP contribution >= 0.6 is 11.6 Å². The number of amides is 2. The summed E-state index contributed by atoms with van der Waals surface area (Å²) in [4.78, 5) is 26.0. The number of rotatable bonds is 5. The number of carbonyl (C=O) groups is 2. The number of nitrogens with one attached hydrogen (secondary N) is 1. The molecule has 2 amide bonds. The molecule has 3 rings (SSSR count). The highest BCUT2D eigenvalue weighted by Gasteiger charge is 2.24. The van der Waals surface area contributed by atoms with Gasteiger partial charge in [0.05, 0.1) is 5.02 Å². The number of benzene rings is 1. The second kappa shape index (κ2) is 8.76. The van der Waals surface area contributed by atoms with Crippen LogP contribution in [0.5, 0.6) is 5.75 Å². The molecule has 1 aromatic carbocycles. The van der Waals surface area contributed by atoms with E-state index in [9.17, 15) is 9.59 Å². The molecule has 0 bridgehead atoms. The van der Waals surface area contributed by atoms with E-state index >= 15 is 0 Å². The third kappa shape index (κ3) is 4.70. The van der Waals surface area contributed by atoms with Crippen molar-refractivity contribution in [2.45, 2.75) is 64.0 Å². The van der Waals surface area contributed by atoms with E-state index in [-0.39, 0.29) is 24.0 Å². The Morgan fingerprint density at radius 3 is 2.50 bits per heavy atom. The zero-order valence-corrected chi connectivity index (χ0v) is 16.1. The Balaban J connectivity index is 1.54. The van der Waals surface area contributed by atoms with Gasteiger partial charge < -0.3 is 15.0 Å². The van der Waals surface area contributed by atoms with Crippen LogP contribution in [0.15, 0.2) is 18.2 Å². The minimum atomic E-state index is -0.0725. The first-order valence-electron chi connectivity index (χ1n) is 9.61. The Morgan fingerprint density at radius 2 is 1.88 bits per heavy atom. The smallest absolute Gasteiger partial charge is 0.251 e. The molecule has 0 aromatic heterocycles. The molecule has 142 valence electrons. The predicted molar refractivity (Wildman–Crippen MR) is 102 cm³/mol. The number of carbonyl (C=O) groups excluding carboxylic acids is 2. The van der Waals surface area contributed by atoms with Gasteiger partial charge in [0.15, 0.2) is 0 Å². The van der Waals surface area contributed by atoms with Crippen LogP contribution in [0.25, 0.3) is 0 Å². The van der Waals surface area contributed by atoms with E-state index < -0.39 is 0 Å². The fourth-order valence-corrected chi connectivity index (χ4v) is 3.93. The molecule has 1 aliphatic heterocycles. The van der Waals surface area contributed by atoms with Crippen LogP contribution in [-0.4, -0.2) is 41.9 Å². The van der Waals surface area contributed by atoms with Crippen LogP contribution in [0, 0.1) is 0 Å². The number of halogens is 1. The van der Waals surface area contributed by atoms with Crippen molar-refractivity contribution < 1.29 is 14.3 Å². The van der Waals surface area contributed by atoms with Crippen LogP contribution in [0.3, 0.4) is 0 Å². The van der Waals surface area contributed by atoms with Gasteiger partial charge in [0.1, 0.15) is 11.9 Å². The first-order chi connectivity index (χ1) is 12.6. The maximum absolute atomic E-state index is 12.3. The van der Waals surface area contributed by atoms with Crippen LogP contribution in [0.4, 0.5) is 0 Å².